The molecular weight excluding hydrogens is 351 g/mol. The van der Waals surface area contributed by atoms with Crippen molar-refractivity contribution in [2.75, 3.05) is 20.2 Å². The van der Waals surface area contributed by atoms with Gasteiger partial charge in [0.15, 0.2) is 5.69 Å². The molecule has 4 heterocycles. The molecule has 7 nitrogen and oxygen atoms in total. The SMILES string of the molecule is CO[C@H]1CN(C(=O)c2nc3ccc(C)cn3c2F)C[C@H]1Cc1cc(C)no1. The molecule has 1 saturated heterocycles. The van der Waals surface area contributed by atoms with Gasteiger partial charge in [-0.15, -0.1) is 0 Å². The molecule has 142 valence electrons. The topological polar surface area (TPSA) is 72.9 Å². The maximum atomic E-state index is 14.7. The van der Waals surface area contributed by atoms with Crippen molar-refractivity contribution in [2.45, 2.75) is 26.4 Å². The highest BCUT2D eigenvalue weighted by Gasteiger charge is 2.38. The van der Waals surface area contributed by atoms with Crippen molar-refractivity contribution >= 4 is 11.6 Å². The van der Waals surface area contributed by atoms with Crippen LogP contribution in [0.5, 0.6) is 0 Å². The fourth-order valence-corrected chi connectivity index (χ4v) is 3.65. The monoisotopic (exact) mass is 372 g/mol. The summed E-state index contributed by atoms with van der Waals surface area (Å²) in [6, 6.07) is 5.41. The van der Waals surface area contributed by atoms with Crippen LogP contribution in [0.2, 0.25) is 0 Å². The molecule has 0 aromatic carbocycles. The minimum atomic E-state index is -0.637. The zero-order valence-electron chi connectivity index (χ0n) is 15.5. The molecular formula is C19H21FN4O3. The Balaban J connectivity index is 1.56. The quantitative estimate of drug-likeness (QED) is 0.703. The fraction of sp³-hybridized carbons (Fsp3) is 0.421. The molecule has 27 heavy (non-hydrogen) atoms. The number of fused-ring (bicyclic) bond motifs is 1. The zero-order valence-corrected chi connectivity index (χ0v) is 15.5. The molecule has 0 unspecified atom stereocenters. The van der Waals surface area contributed by atoms with E-state index in [9.17, 15) is 9.18 Å². The van der Waals surface area contributed by atoms with Crippen LogP contribution in [0.15, 0.2) is 28.9 Å². The molecule has 0 radical (unpaired) electrons. The zero-order chi connectivity index (χ0) is 19.1. The summed E-state index contributed by atoms with van der Waals surface area (Å²) in [4.78, 5) is 18.7. The van der Waals surface area contributed by atoms with Gasteiger partial charge in [-0.05, 0) is 25.5 Å². The van der Waals surface area contributed by atoms with Crippen molar-refractivity contribution in [1.29, 1.82) is 0 Å². The molecule has 3 aromatic rings. The highest BCUT2D eigenvalue weighted by Crippen LogP contribution is 2.26. The van der Waals surface area contributed by atoms with Crippen LogP contribution in [0.4, 0.5) is 4.39 Å². The van der Waals surface area contributed by atoms with E-state index in [2.05, 4.69) is 10.1 Å². The first kappa shape index (κ1) is 17.7. The number of rotatable bonds is 4. The fourth-order valence-electron chi connectivity index (χ4n) is 3.65. The number of carbonyl (C=O) groups excluding carboxylic acids is 1. The Morgan fingerprint density at radius 1 is 1.37 bits per heavy atom. The average Bonchev–Trinajstić information content (AvgIpc) is 3.33. The van der Waals surface area contributed by atoms with Gasteiger partial charge >= 0.3 is 0 Å². The number of aryl methyl sites for hydroxylation is 2. The van der Waals surface area contributed by atoms with Gasteiger partial charge in [0.25, 0.3) is 5.91 Å². The molecule has 8 heteroatoms. The van der Waals surface area contributed by atoms with Crippen molar-refractivity contribution < 1.29 is 18.4 Å². The van der Waals surface area contributed by atoms with Crippen LogP contribution >= 0.6 is 0 Å². The number of hydrogen-bond donors (Lipinski definition) is 0. The predicted molar refractivity (Wildman–Crippen MR) is 95.0 cm³/mol. The maximum absolute atomic E-state index is 14.7. The molecule has 0 saturated carbocycles. The molecule has 0 spiro atoms. The van der Waals surface area contributed by atoms with Crippen LogP contribution < -0.4 is 0 Å². The Morgan fingerprint density at radius 3 is 2.89 bits per heavy atom. The second-order valence-electron chi connectivity index (χ2n) is 7.07. The molecule has 0 aliphatic carbocycles. The number of aromatic nitrogens is 3. The van der Waals surface area contributed by atoms with Gasteiger partial charge in [0.1, 0.15) is 11.4 Å². The molecule has 2 atom stereocenters. The summed E-state index contributed by atoms with van der Waals surface area (Å²) in [6.07, 6.45) is 2.09. The van der Waals surface area contributed by atoms with E-state index in [1.54, 1.807) is 24.3 Å². The van der Waals surface area contributed by atoms with E-state index in [1.807, 2.05) is 26.0 Å². The van der Waals surface area contributed by atoms with E-state index in [1.165, 1.54) is 4.40 Å². The van der Waals surface area contributed by atoms with Crippen molar-refractivity contribution in [3.8, 4) is 0 Å². The number of pyridine rings is 1. The number of carbonyl (C=O) groups is 1. The minimum absolute atomic E-state index is 0.0497. The lowest BCUT2D eigenvalue weighted by Crippen LogP contribution is -2.30. The molecule has 4 rings (SSSR count). The Bertz CT molecular complexity index is 996. The molecule has 0 bridgehead atoms. The maximum Gasteiger partial charge on any atom is 0.277 e. The van der Waals surface area contributed by atoms with Crippen LogP contribution in [-0.2, 0) is 11.2 Å². The van der Waals surface area contributed by atoms with Crippen molar-refractivity contribution in [1.82, 2.24) is 19.4 Å². The third-order valence-electron chi connectivity index (χ3n) is 5.02. The van der Waals surface area contributed by atoms with Crippen LogP contribution in [0, 0.1) is 25.7 Å². The van der Waals surface area contributed by atoms with Crippen molar-refractivity contribution in [3.05, 3.63) is 53.1 Å². The van der Waals surface area contributed by atoms with Crippen LogP contribution in [0.3, 0.4) is 0 Å². The normalized spacial score (nSPS) is 19.9. The number of hydrogen-bond acceptors (Lipinski definition) is 5. The van der Waals surface area contributed by atoms with Gasteiger partial charge in [0, 0.05) is 44.8 Å². The Labute approximate surface area is 155 Å². The Kier molecular flexibility index (Phi) is 4.43. The lowest BCUT2D eigenvalue weighted by molar-refractivity contribution is 0.0666. The summed E-state index contributed by atoms with van der Waals surface area (Å²) in [6.45, 7) is 4.56. The van der Waals surface area contributed by atoms with E-state index in [0.29, 0.717) is 25.2 Å². The Morgan fingerprint density at radius 2 is 2.19 bits per heavy atom. The molecule has 1 aliphatic rings. The van der Waals surface area contributed by atoms with Gasteiger partial charge in [0.05, 0.1) is 11.8 Å². The number of nitrogens with zero attached hydrogens (tertiary/aromatic N) is 4. The first-order valence-corrected chi connectivity index (χ1v) is 8.84. The first-order chi connectivity index (χ1) is 13.0. The second kappa shape index (κ2) is 6.77. The van der Waals surface area contributed by atoms with Gasteiger partial charge in [0.2, 0.25) is 5.95 Å². The smallest absolute Gasteiger partial charge is 0.277 e. The number of likely N-dealkylation sites (tertiary alicyclic amines) is 1. The largest absolute Gasteiger partial charge is 0.379 e. The third kappa shape index (κ3) is 3.21. The Hall–Kier alpha value is -2.74. The highest BCUT2D eigenvalue weighted by atomic mass is 19.1. The highest BCUT2D eigenvalue weighted by molar-refractivity contribution is 5.93. The van der Waals surface area contributed by atoms with Gasteiger partial charge < -0.3 is 14.2 Å². The molecule has 1 amide bonds. The number of ether oxygens (including phenoxy) is 1. The third-order valence-corrected chi connectivity index (χ3v) is 5.02. The summed E-state index contributed by atoms with van der Waals surface area (Å²) in [5, 5.41) is 3.90. The number of imidazole rings is 1. The van der Waals surface area contributed by atoms with Crippen LogP contribution in [0.1, 0.15) is 27.5 Å². The number of halogens is 1. The van der Waals surface area contributed by atoms with Crippen molar-refractivity contribution in [2.24, 2.45) is 5.92 Å². The summed E-state index contributed by atoms with van der Waals surface area (Å²) in [5.41, 5.74) is 1.96. The van der Waals surface area contributed by atoms with E-state index < -0.39 is 11.9 Å². The molecule has 3 aromatic heterocycles. The predicted octanol–water partition coefficient (Wildman–Crippen LogP) is 2.41. The molecule has 1 fully saturated rings. The van der Waals surface area contributed by atoms with E-state index in [-0.39, 0.29) is 17.7 Å². The number of amides is 1. The first-order valence-electron chi connectivity index (χ1n) is 8.84. The van der Waals surface area contributed by atoms with Crippen LogP contribution in [0.25, 0.3) is 5.65 Å². The summed E-state index contributed by atoms with van der Waals surface area (Å²) in [5.74, 6) is -0.258. The van der Waals surface area contributed by atoms with Gasteiger partial charge in [-0.3, -0.25) is 9.20 Å². The van der Waals surface area contributed by atoms with E-state index in [0.717, 1.165) is 17.0 Å². The second-order valence-corrected chi connectivity index (χ2v) is 7.07. The summed E-state index contributed by atoms with van der Waals surface area (Å²) in [7, 11) is 1.62. The minimum Gasteiger partial charge on any atom is -0.379 e. The van der Waals surface area contributed by atoms with E-state index in [4.69, 9.17) is 9.26 Å². The molecule has 0 N–H and O–H groups in total. The van der Waals surface area contributed by atoms with Crippen LogP contribution in [-0.4, -0.2) is 51.7 Å². The summed E-state index contributed by atoms with van der Waals surface area (Å²) >= 11 is 0. The average molecular weight is 372 g/mol. The standard InChI is InChI=1S/C19H21FN4O3/c1-11-4-5-16-21-17(18(20)24(16)8-11)19(25)23-9-13(15(10-23)26-3)7-14-6-12(2)22-27-14/h4-6,8,13,15H,7,9-10H2,1-3H3/t13-,15+/m1/s1. The van der Waals surface area contributed by atoms with Gasteiger partial charge in [-0.2, -0.15) is 4.39 Å². The lowest BCUT2D eigenvalue weighted by atomic mass is 10.0. The number of methoxy groups -OCH3 is 1. The van der Waals surface area contributed by atoms with E-state index >= 15 is 0 Å². The van der Waals surface area contributed by atoms with Crippen molar-refractivity contribution in [3.63, 3.8) is 0 Å². The lowest BCUT2D eigenvalue weighted by Gasteiger charge is -2.14. The molecule has 1 aliphatic heterocycles. The summed E-state index contributed by atoms with van der Waals surface area (Å²) < 4.78 is 26.9. The van der Waals surface area contributed by atoms with Gasteiger partial charge in [-0.1, -0.05) is 11.2 Å². The van der Waals surface area contributed by atoms with Gasteiger partial charge in [-0.25, -0.2) is 4.98 Å².